The number of para-hydroxylation sites is 1. The number of nitrogens with zero attached hydrogens (tertiary/aromatic N) is 1. The zero-order valence-electron chi connectivity index (χ0n) is 11.5. The second-order valence-electron chi connectivity index (χ2n) is 5.37. The van der Waals surface area contributed by atoms with Gasteiger partial charge in [-0.3, -0.25) is 4.79 Å². The highest BCUT2D eigenvalue weighted by Gasteiger charge is 2.40. The van der Waals surface area contributed by atoms with Gasteiger partial charge in [-0.15, -0.1) is 0 Å². The smallest absolute Gasteiger partial charge is 0.326 e. The molecule has 3 N–H and O–H groups in total. The van der Waals surface area contributed by atoms with E-state index in [9.17, 15) is 19.8 Å². The van der Waals surface area contributed by atoms with E-state index < -0.39 is 18.1 Å². The molecule has 0 saturated carbocycles. The van der Waals surface area contributed by atoms with Crippen molar-refractivity contribution in [2.75, 3.05) is 6.54 Å². The first-order valence-corrected chi connectivity index (χ1v) is 6.78. The number of aryl methyl sites for hydroxylation is 1. The molecular weight excluding hydrogens is 272 g/mol. The number of carbonyl (C=O) groups is 2. The Bertz CT molecular complexity index is 722. The van der Waals surface area contributed by atoms with Crippen molar-refractivity contribution >= 4 is 22.8 Å². The van der Waals surface area contributed by atoms with Crippen LogP contribution in [0.25, 0.3) is 10.9 Å². The molecule has 6 nitrogen and oxygen atoms in total. The zero-order valence-corrected chi connectivity index (χ0v) is 11.5. The summed E-state index contributed by atoms with van der Waals surface area (Å²) in [4.78, 5) is 28.4. The minimum atomic E-state index is -1.09. The van der Waals surface area contributed by atoms with Gasteiger partial charge in [-0.1, -0.05) is 18.2 Å². The average Bonchev–Trinajstić information content (AvgIpc) is 2.97. The first-order valence-electron chi connectivity index (χ1n) is 6.78. The molecule has 2 heterocycles. The number of H-pyrrole nitrogens is 1. The Kier molecular flexibility index (Phi) is 3.17. The van der Waals surface area contributed by atoms with Crippen molar-refractivity contribution in [2.45, 2.75) is 25.5 Å². The van der Waals surface area contributed by atoms with Gasteiger partial charge in [0.25, 0.3) is 5.91 Å². The number of β-amino-alcohol motifs (C(OH)–C–C–N with tert-alkyl or cyclic N) is 1. The number of carbonyl (C=O) groups excluding carboxylic acids is 1. The molecular formula is C15H16N2O4. The molecule has 2 unspecified atom stereocenters. The van der Waals surface area contributed by atoms with E-state index in [1.165, 1.54) is 4.90 Å². The van der Waals surface area contributed by atoms with Crippen LogP contribution in [0.1, 0.15) is 22.5 Å². The number of aliphatic hydroxyl groups excluding tert-OH is 1. The number of carboxylic acids is 1. The fourth-order valence-electron chi connectivity index (χ4n) is 2.97. The molecule has 6 heteroatoms. The number of amides is 1. The lowest BCUT2D eigenvalue weighted by molar-refractivity contribution is -0.141. The monoisotopic (exact) mass is 288 g/mol. The molecule has 2 atom stereocenters. The molecule has 0 aliphatic carbocycles. The number of fused-ring (bicyclic) bond motifs is 1. The third kappa shape index (κ3) is 2.17. The molecule has 1 aliphatic heterocycles. The molecule has 0 bridgehead atoms. The Hall–Kier alpha value is -2.34. The lowest BCUT2D eigenvalue weighted by Crippen LogP contribution is -2.40. The molecule has 1 aliphatic rings. The fourth-order valence-corrected chi connectivity index (χ4v) is 2.97. The summed E-state index contributed by atoms with van der Waals surface area (Å²) in [6.07, 6.45) is -0.719. The first kappa shape index (κ1) is 13.6. The van der Waals surface area contributed by atoms with Crippen LogP contribution in [0, 0.1) is 6.92 Å². The van der Waals surface area contributed by atoms with Crippen molar-refractivity contribution in [2.24, 2.45) is 0 Å². The van der Waals surface area contributed by atoms with Crippen molar-refractivity contribution in [1.29, 1.82) is 0 Å². The lowest BCUT2D eigenvalue weighted by atomic mass is 10.1. The van der Waals surface area contributed by atoms with Crippen molar-refractivity contribution < 1.29 is 19.8 Å². The number of aliphatic hydroxyl groups is 1. The predicted octanol–water partition coefficient (Wildman–Crippen LogP) is 1.14. The van der Waals surface area contributed by atoms with E-state index in [1.54, 1.807) is 6.92 Å². The molecule has 1 saturated heterocycles. The van der Waals surface area contributed by atoms with Crippen LogP contribution in [-0.2, 0) is 4.79 Å². The van der Waals surface area contributed by atoms with E-state index in [1.807, 2.05) is 24.3 Å². The van der Waals surface area contributed by atoms with Gasteiger partial charge >= 0.3 is 5.97 Å². The van der Waals surface area contributed by atoms with Crippen LogP contribution in [0.2, 0.25) is 0 Å². The van der Waals surface area contributed by atoms with Crippen LogP contribution in [0.4, 0.5) is 0 Å². The van der Waals surface area contributed by atoms with Gasteiger partial charge in [0.05, 0.1) is 11.7 Å². The quantitative estimate of drug-likeness (QED) is 0.772. The fraction of sp³-hybridized carbons (Fsp3) is 0.333. The zero-order chi connectivity index (χ0) is 15.1. The highest BCUT2D eigenvalue weighted by atomic mass is 16.4. The van der Waals surface area contributed by atoms with Gasteiger partial charge in [0.2, 0.25) is 0 Å². The number of benzene rings is 1. The van der Waals surface area contributed by atoms with Gasteiger partial charge in [-0.25, -0.2) is 4.79 Å². The van der Waals surface area contributed by atoms with Crippen LogP contribution in [0.3, 0.4) is 0 Å². The summed E-state index contributed by atoms with van der Waals surface area (Å²) >= 11 is 0. The Balaban J connectivity index is 2.04. The number of nitrogens with one attached hydrogen (secondary N) is 1. The van der Waals surface area contributed by atoms with Gasteiger partial charge in [0, 0.05) is 29.6 Å². The normalized spacial score (nSPS) is 21.9. The SMILES string of the molecule is Cc1[nH]c2ccccc2c1C(=O)N1CC(O)CC1C(=O)O. The molecule has 0 spiro atoms. The second-order valence-corrected chi connectivity index (χ2v) is 5.37. The highest BCUT2D eigenvalue weighted by molar-refractivity contribution is 6.09. The molecule has 1 fully saturated rings. The van der Waals surface area contributed by atoms with Gasteiger partial charge in [0.1, 0.15) is 6.04 Å². The van der Waals surface area contributed by atoms with Crippen molar-refractivity contribution in [3.05, 3.63) is 35.5 Å². The maximum Gasteiger partial charge on any atom is 0.326 e. The maximum absolute atomic E-state index is 12.7. The largest absolute Gasteiger partial charge is 0.480 e. The molecule has 2 aromatic rings. The summed E-state index contributed by atoms with van der Waals surface area (Å²) in [5.74, 6) is -1.44. The Morgan fingerprint density at radius 2 is 2.05 bits per heavy atom. The van der Waals surface area contributed by atoms with E-state index in [0.29, 0.717) is 11.3 Å². The van der Waals surface area contributed by atoms with Crippen molar-refractivity contribution in [3.63, 3.8) is 0 Å². The van der Waals surface area contributed by atoms with E-state index in [4.69, 9.17) is 0 Å². The average molecular weight is 288 g/mol. The number of carboxylic acid groups (broad SMARTS) is 1. The van der Waals surface area contributed by atoms with Crippen LogP contribution >= 0.6 is 0 Å². The maximum atomic E-state index is 12.7. The number of rotatable bonds is 2. The van der Waals surface area contributed by atoms with Crippen molar-refractivity contribution in [1.82, 2.24) is 9.88 Å². The molecule has 1 aromatic carbocycles. The summed E-state index contributed by atoms with van der Waals surface area (Å²) in [6, 6.07) is 6.42. The predicted molar refractivity (Wildman–Crippen MR) is 76.1 cm³/mol. The Labute approximate surface area is 121 Å². The third-order valence-corrected chi connectivity index (χ3v) is 3.93. The van der Waals surface area contributed by atoms with E-state index >= 15 is 0 Å². The number of aliphatic carboxylic acids is 1. The summed E-state index contributed by atoms with van der Waals surface area (Å²) in [6.45, 7) is 1.84. The summed E-state index contributed by atoms with van der Waals surface area (Å²) in [5.41, 5.74) is 2.02. The van der Waals surface area contributed by atoms with Crippen LogP contribution < -0.4 is 0 Å². The summed E-state index contributed by atoms with van der Waals surface area (Å²) < 4.78 is 0. The number of aromatic nitrogens is 1. The van der Waals surface area contributed by atoms with E-state index in [0.717, 1.165) is 10.9 Å². The Morgan fingerprint density at radius 1 is 1.33 bits per heavy atom. The van der Waals surface area contributed by atoms with Gasteiger partial charge in [-0.2, -0.15) is 0 Å². The number of hydrogen-bond acceptors (Lipinski definition) is 3. The molecule has 21 heavy (non-hydrogen) atoms. The van der Waals surface area contributed by atoms with Crippen LogP contribution in [-0.4, -0.2) is 50.7 Å². The minimum Gasteiger partial charge on any atom is -0.480 e. The third-order valence-electron chi connectivity index (χ3n) is 3.93. The number of aromatic amines is 1. The molecule has 3 rings (SSSR count). The molecule has 110 valence electrons. The summed E-state index contributed by atoms with van der Waals surface area (Å²) in [7, 11) is 0. The first-order chi connectivity index (χ1) is 9.99. The van der Waals surface area contributed by atoms with E-state index in [2.05, 4.69) is 4.98 Å². The van der Waals surface area contributed by atoms with Crippen molar-refractivity contribution in [3.8, 4) is 0 Å². The minimum absolute atomic E-state index is 0.0503. The topological polar surface area (TPSA) is 93.6 Å². The van der Waals surface area contributed by atoms with E-state index in [-0.39, 0.29) is 18.9 Å². The number of hydrogen-bond donors (Lipinski definition) is 3. The second kappa shape index (κ2) is 4.89. The Morgan fingerprint density at radius 3 is 2.76 bits per heavy atom. The summed E-state index contributed by atoms with van der Waals surface area (Å²) in [5, 5.41) is 19.7. The standard InChI is InChI=1S/C15H16N2O4/c1-8-13(10-4-2-3-5-11(10)16-8)14(19)17-7-9(18)6-12(17)15(20)21/h2-5,9,12,16,18H,6-7H2,1H3,(H,20,21). The van der Waals surface area contributed by atoms with Gasteiger partial charge in [0.15, 0.2) is 0 Å². The molecule has 1 aromatic heterocycles. The highest BCUT2D eigenvalue weighted by Crippen LogP contribution is 2.27. The number of likely N-dealkylation sites (tertiary alicyclic amines) is 1. The van der Waals surface area contributed by atoms with Gasteiger partial charge in [-0.05, 0) is 13.0 Å². The molecule has 1 amide bonds. The lowest BCUT2D eigenvalue weighted by Gasteiger charge is -2.21. The van der Waals surface area contributed by atoms with Crippen LogP contribution in [0.5, 0.6) is 0 Å². The van der Waals surface area contributed by atoms with Crippen LogP contribution in [0.15, 0.2) is 24.3 Å². The van der Waals surface area contributed by atoms with Gasteiger partial charge < -0.3 is 20.1 Å². The molecule has 0 radical (unpaired) electrons.